The van der Waals surface area contributed by atoms with Crippen LogP contribution in [-0.2, 0) is 4.79 Å². The normalized spacial score (nSPS) is 28.5. The molecule has 166 valence electrons. The van der Waals surface area contributed by atoms with E-state index in [1.807, 2.05) is 0 Å². The van der Waals surface area contributed by atoms with Crippen LogP contribution in [-0.4, -0.2) is 78.5 Å². The first-order valence-electron chi connectivity index (χ1n) is 11.0. The van der Waals surface area contributed by atoms with Gasteiger partial charge in [0.05, 0.1) is 0 Å². The van der Waals surface area contributed by atoms with Gasteiger partial charge >= 0.3 is 0 Å². The van der Waals surface area contributed by atoms with Crippen molar-refractivity contribution in [3.63, 3.8) is 0 Å². The summed E-state index contributed by atoms with van der Waals surface area (Å²) in [4.78, 5) is 20.1. The quantitative estimate of drug-likeness (QED) is 0.694. The lowest BCUT2D eigenvalue weighted by atomic mass is 9.71. The highest BCUT2D eigenvalue weighted by atomic mass is 35.5. The maximum atomic E-state index is 12.8. The van der Waals surface area contributed by atoms with Crippen molar-refractivity contribution in [2.24, 2.45) is 11.1 Å². The minimum atomic E-state index is 0. The van der Waals surface area contributed by atoms with Crippen molar-refractivity contribution in [2.75, 3.05) is 45.8 Å². The fourth-order valence-corrected chi connectivity index (χ4v) is 5.35. The van der Waals surface area contributed by atoms with Crippen molar-refractivity contribution in [3.8, 4) is 0 Å². The molecule has 2 heterocycles. The minimum Gasteiger partial charge on any atom is -0.340 e. The predicted octanol–water partition coefficient (Wildman–Crippen LogP) is 3.15. The van der Waals surface area contributed by atoms with Crippen molar-refractivity contribution in [1.29, 1.82) is 0 Å². The fraction of sp³-hybridized carbons (Fsp3) is 0.952. The summed E-state index contributed by atoms with van der Waals surface area (Å²) in [6, 6.07) is 1.46. The molecule has 3 rings (SSSR count). The summed E-state index contributed by atoms with van der Waals surface area (Å²) < 4.78 is 0. The van der Waals surface area contributed by atoms with E-state index in [0.29, 0.717) is 18.9 Å². The number of halogens is 2. The number of nitrogens with zero attached hydrogens (tertiary/aromatic N) is 3. The Morgan fingerprint density at radius 1 is 0.929 bits per heavy atom. The van der Waals surface area contributed by atoms with Gasteiger partial charge in [-0.3, -0.25) is 14.6 Å². The number of piperazine rings is 1. The van der Waals surface area contributed by atoms with Crippen LogP contribution in [0.25, 0.3) is 0 Å². The number of hydrogen-bond acceptors (Lipinski definition) is 4. The van der Waals surface area contributed by atoms with Gasteiger partial charge in [0.1, 0.15) is 0 Å². The monoisotopic (exact) mass is 436 g/mol. The Kier molecular flexibility index (Phi) is 11.1. The second-order valence-corrected chi connectivity index (χ2v) is 9.18. The van der Waals surface area contributed by atoms with Gasteiger partial charge in [0, 0.05) is 57.8 Å². The molecule has 0 radical (unpaired) electrons. The van der Waals surface area contributed by atoms with Gasteiger partial charge in [0.2, 0.25) is 5.91 Å². The Hall–Kier alpha value is -0.0700. The molecule has 1 amide bonds. The Balaban J connectivity index is 0.00000196. The van der Waals surface area contributed by atoms with E-state index in [1.165, 1.54) is 38.6 Å². The molecule has 7 heteroatoms. The SMILES string of the molecule is CC1CCC(C)N1CCN1CCN(C(=O)CC2(CN)CCCCC2)CC1.Cl.Cl. The molecule has 3 fully saturated rings. The lowest BCUT2D eigenvalue weighted by Crippen LogP contribution is -2.52. The molecular formula is C21H42Cl2N4O. The standard InChI is InChI=1S/C21H40N4O.2ClH/c1-18-6-7-19(2)25(18)15-12-23-10-13-24(14-11-23)20(26)16-21(17-22)8-4-3-5-9-21;;/h18-19H,3-17,22H2,1-2H3;2*1H. The molecule has 5 nitrogen and oxygen atoms in total. The van der Waals surface area contributed by atoms with Gasteiger partial charge in [-0.05, 0) is 51.5 Å². The third kappa shape index (κ3) is 6.46. The van der Waals surface area contributed by atoms with Gasteiger partial charge in [-0.2, -0.15) is 0 Å². The molecule has 2 saturated heterocycles. The molecule has 0 aromatic heterocycles. The minimum absolute atomic E-state index is 0. The molecule has 2 aliphatic heterocycles. The van der Waals surface area contributed by atoms with Crippen molar-refractivity contribution in [2.45, 2.75) is 77.3 Å². The van der Waals surface area contributed by atoms with Gasteiger partial charge in [0.25, 0.3) is 0 Å². The number of nitrogens with two attached hydrogens (primary N) is 1. The summed E-state index contributed by atoms with van der Waals surface area (Å²) in [5.74, 6) is 0.346. The van der Waals surface area contributed by atoms with Crippen LogP contribution in [0.4, 0.5) is 0 Å². The molecular weight excluding hydrogens is 395 g/mol. The highest BCUT2D eigenvalue weighted by molar-refractivity contribution is 5.85. The molecule has 0 aromatic carbocycles. The smallest absolute Gasteiger partial charge is 0.223 e. The molecule has 28 heavy (non-hydrogen) atoms. The fourth-order valence-electron chi connectivity index (χ4n) is 5.35. The van der Waals surface area contributed by atoms with Crippen molar-refractivity contribution < 1.29 is 4.79 Å². The van der Waals surface area contributed by atoms with Crippen molar-refractivity contribution >= 4 is 30.7 Å². The number of amides is 1. The van der Waals surface area contributed by atoms with Gasteiger partial charge in [-0.15, -0.1) is 24.8 Å². The molecule has 0 aromatic rings. The molecule has 1 saturated carbocycles. The first-order chi connectivity index (χ1) is 12.5. The summed E-state index contributed by atoms with van der Waals surface area (Å²) in [7, 11) is 0. The summed E-state index contributed by atoms with van der Waals surface area (Å²) in [6.45, 7) is 11.5. The Morgan fingerprint density at radius 3 is 2.04 bits per heavy atom. The summed E-state index contributed by atoms with van der Waals surface area (Å²) >= 11 is 0. The van der Waals surface area contributed by atoms with Crippen LogP contribution in [0.15, 0.2) is 0 Å². The van der Waals surface area contributed by atoms with Gasteiger partial charge in [-0.25, -0.2) is 0 Å². The zero-order chi connectivity index (χ0) is 18.6. The molecule has 1 aliphatic carbocycles. The van der Waals surface area contributed by atoms with Crippen LogP contribution < -0.4 is 5.73 Å². The van der Waals surface area contributed by atoms with Crippen LogP contribution in [0.3, 0.4) is 0 Å². The number of likely N-dealkylation sites (tertiary alicyclic amines) is 1. The summed E-state index contributed by atoms with van der Waals surface area (Å²) in [5.41, 5.74) is 6.17. The Labute approximate surface area is 184 Å². The lowest BCUT2D eigenvalue weighted by Gasteiger charge is -2.40. The van der Waals surface area contributed by atoms with Crippen LogP contribution in [0.1, 0.15) is 65.2 Å². The van der Waals surface area contributed by atoms with Crippen LogP contribution in [0.5, 0.6) is 0 Å². The van der Waals surface area contributed by atoms with Gasteiger partial charge < -0.3 is 10.6 Å². The van der Waals surface area contributed by atoms with E-state index in [0.717, 1.165) is 57.6 Å². The van der Waals surface area contributed by atoms with E-state index in [2.05, 4.69) is 28.5 Å². The van der Waals surface area contributed by atoms with Gasteiger partial charge in [-0.1, -0.05) is 19.3 Å². The first kappa shape index (κ1) is 26.0. The average Bonchev–Trinajstić information content (AvgIpc) is 2.99. The van der Waals surface area contributed by atoms with E-state index in [9.17, 15) is 4.79 Å². The molecule has 2 unspecified atom stereocenters. The first-order valence-corrected chi connectivity index (χ1v) is 11.0. The number of carbonyl (C=O) groups excluding carboxylic acids is 1. The number of carbonyl (C=O) groups is 1. The van der Waals surface area contributed by atoms with Crippen molar-refractivity contribution in [3.05, 3.63) is 0 Å². The Bertz CT molecular complexity index is 455. The van der Waals surface area contributed by atoms with E-state index < -0.39 is 0 Å². The zero-order valence-corrected chi connectivity index (χ0v) is 19.5. The Morgan fingerprint density at radius 2 is 1.50 bits per heavy atom. The van der Waals surface area contributed by atoms with Crippen molar-refractivity contribution in [1.82, 2.24) is 14.7 Å². The van der Waals surface area contributed by atoms with E-state index >= 15 is 0 Å². The molecule has 2 N–H and O–H groups in total. The topological polar surface area (TPSA) is 52.8 Å². The van der Waals surface area contributed by atoms with E-state index in [-0.39, 0.29) is 30.2 Å². The maximum Gasteiger partial charge on any atom is 0.223 e. The lowest BCUT2D eigenvalue weighted by molar-refractivity contribution is -0.136. The maximum absolute atomic E-state index is 12.8. The molecule has 2 atom stereocenters. The average molecular weight is 438 g/mol. The largest absolute Gasteiger partial charge is 0.340 e. The van der Waals surface area contributed by atoms with E-state index in [1.54, 1.807) is 0 Å². The number of hydrogen-bond donors (Lipinski definition) is 1. The summed E-state index contributed by atoms with van der Waals surface area (Å²) in [5, 5.41) is 0. The third-order valence-electron chi connectivity index (χ3n) is 7.41. The van der Waals surface area contributed by atoms with Crippen LogP contribution in [0.2, 0.25) is 0 Å². The van der Waals surface area contributed by atoms with Crippen LogP contribution >= 0.6 is 24.8 Å². The zero-order valence-electron chi connectivity index (χ0n) is 17.9. The number of rotatable bonds is 6. The molecule has 0 bridgehead atoms. The van der Waals surface area contributed by atoms with Gasteiger partial charge in [0.15, 0.2) is 0 Å². The predicted molar refractivity (Wildman–Crippen MR) is 122 cm³/mol. The summed E-state index contributed by atoms with van der Waals surface area (Å²) in [6.07, 6.45) is 9.42. The van der Waals surface area contributed by atoms with Crippen LogP contribution in [0, 0.1) is 5.41 Å². The highest BCUT2D eigenvalue weighted by Crippen LogP contribution is 2.38. The highest BCUT2D eigenvalue weighted by Gasteiger charge is 2.35. The third-order valence-corrected chi connectivity index (χ3v) is 7.41. The second-order valence-electron chi connectivity index (χ2n) is 9.18. The van der Waals surface area contributed by atoms with E-state index in [4.69, 9.17) is 5.73 Å². The second kappa shape index (κ2) is 11.9. The molecule has 0 spiro atoms. The molecule has 3 aliphatic rings.